The number of aryl methyl sites for hydroxylation is 1. The van der Waals surface area contributed by atoms with Crippen LogP contribution in [0.2, 0.25) is 0 Å². The van der Waals surface area contributed by atoms with Gasteiger partial charge < -0.3 is 4.57 Å². The molecule has 0 unspecified atom stereocenters. The number of halogens is 1. The molecular formula is C31H55BrN2. The molecule has 4 bridgehead atoms. The fraction of sp³-hybridized carbons (Fsp3) is 0.903. The van der Waals surface area contributed by atoms with Gasteiger partial charge in [-0.05, 0) is 62.7 Å². The fourth-order valence-corrected chi connectivity index (χ4v) is 8.17. The van der Waals surface area contributed by atoms with Gasteiger partial charge in [0.15, 0.2) is 0 Å². The SMILES string of the molecule is Br.CCCCCCCCCCCCCCCCCCn1ccnc1C12CC3CC(CC(C3)C1)C2. The number of imidazole rings is 1. The van der Waals surface area contributed by atoms with Gasteiger partial charge in [0.05, 0.1) is 0 Å². The average Bonchev–Trinajstić information content (AvgIpc) is 3.27. The summed E-state index contributed by atoms with van der Waals surface area (Å²) in [5, 5.41) is 0. The van der Waals surface area contributed by atoms with E-state index in [0.717, 1.165) is 17.8 Å². The van der Waals surface area contributed by atoms with Crippen LogP contribution < -0.4 is 0 Å². The minimum atomic E-state index is 0. The van der Waals surface area contributed by atoms with Crippen LogP contribution in [0.5, 0.6) is 0 Å². The molecule has 1 aromatic rings. The van der Waals surface area contributed by atoms with E-state index < -0.39 is 0 Å². The molecule has 0 aromatic carbocycles. The first-order chi connectivity index (χ1) is 16.3. The molecule has 0 atom stereocenters. The number of hydrogen-bond acceptors (Lipinski definition) is 1. The van der Waals surface area contributed by atoms with Gasteiger partial charge in [0, 0.05) is 24.4 Å². The Morgan fingerprint density at radius 2 is 1.09 bits per heavy atom. The summed E-state index contributed by atoms with van der Waals surface area (Å²) in [4.78, 5) is 4.96. The Hall–Kier alpha value is -0.310. The molecule has 0 radical (unpaired) electrons. The maximum Gasteiger partial charge on any atom is 0.114 e. The summed E-state index contributed by atoms with van der Waals surface area (Å²) in [7, 11) is 0. The summed E-state index contributed by atoms with van der Waals surface area (Å²) >= 11 is 0. The minimum absolute atomic E-state index is 0. The Morgan fingerprint density at radius 3 is 1.53 bits per heavy atom. The van der Waals surface area contributed by atoms with Crippen molar-refractivity contribution < 1.29 is 0 Å². The lowest BCUT2D eigenvalue weighted by Crippen LogP contribution is -2.49. The summed E-state index contributed by atoms with van der Waals surface area (Å²) in [6.45, 7) is 3.51. The van der Waals surface area contributed by atoms with E-state index in [1.807, 2.05) is 0 Å². The molecule has 196 valence electrons. The van der Waals surface area contributed by atoms with Crippen molar-refractivity contribution in [2.24, 2.45) is 17.8 Å². The van der Waals surface area contributed by atoms with E-state index in [-0.39, 0.29) is 17.0 Å². The summed E-state index contributed by atoms with van der Waals surface area (Å²) in [6.07, 6.45) is 36.4. The van der Waals surface area contributed by atoms with Gasteiger partial charge in [0.1, 0.15) is 5.82 Å². The van der Waals surface area contributed by atoms with Crippen molar-refractivity contribution in [1.82, 2.24) is 9.55 Å². The second kappa shape index (κ2) is 15.1. The Morgan fingerprint density at radius 1 is 0.676 bits per heavy atom. The number of unbranched alkanes of at least 4 members (excludes halogenated alkanes) is 15. The first-order valence-electron chi connectivity index (χ1n) is 15.3. The highest BCUT2D eigenvalue weighted by Gasteiger charge is 2.53. The number of nitrogens with zero attached hydrogens (tertiary/aromatic N) is 2. The van der Waals surface area contributed by atoms with Crippen LogP contribution >= 0.6 is 17.0 Å². The molecule has 0 aliphatic heterocycles. The average molecular weight is 536 g/mol. The van der Waals surface area contributed by atoms with Crippen LogP contribution in [0, 0.1) is 17.8 Å². The van der Waals surface area contributed by atoms with Crippen LogP contribution in [0.25, 0.3) is 0 Å². The van der Waals surface area contributed by atoms with E-state index in [9.17, 15) is 0 Å². The highest BCUT2D eigenvalue weighted by molar-refractivity contribution is 8.93. The van der Waals surface area contributed by atoms with Gasteiger partial charge in [-0.15, -0.1) is 17.0 Å². The van der Waals surface area contributed by atoms with Crippen molar-refractivity contribution in [2.45, 2.75) is 160 Å². The third-order valence-corrected chi connectivity index (χ3v) is 9.48. The predicted octanol–water partition coefficient (Wildman–Crippen LogP) is 10.2. The van der Waals surface area contributed by atoms with Gasteiger partial charge in [-0.3, -0.25) is 0 Å². The van der Waals surface area contributed by atoms with Gasteiger partial charge in [0.25, 0.3) is 0 Å². The molecule has 3 heteroatoms. The summed E-state index contributed by atoms with van der Waals surface area (Å²) in [5.74, 6) is 4.51. The van der Waals surface area contributed by atoms with E-state index in [1.165, 1.54) is 154 Å². The second-order valence-electron chi connectivity index (χ2n) is 12.4. The van der Waals surface area contributed by atoms with Crippen LogP contribution in [0.1, 0.15) is 154 Å². The van der Waals surface area contributed by atoms with Gasteiger partial charge in [-0.2, -0.15) is 0 Å². The van der Waals surface area contributed by atoms with Gasteiger partial charge >= 0.3 is 0 Å². The zero-order valence-electron chi connectivity index (χ0n) is 22.5. The maximum absolute atomic E-state index is 4.96. The Balaban J connectivity index is 0.00000324. The van der Waals surface area contributed by atoms with Crippen molar-refractivity contribution in [3.8, 4) is 0 Å². The Labute approximate surface area is 222 Å². The lowest BCUT2D eigenvalue weighted by molar-refractivity contribution is -0.0110. The molecule has 2 nitrogen and oxygen atoms in total. The molecular weight excluding hydrogens is 480 g/mol. The van der Waals surface area contributed by atoms with Crippen LogP contribution in [0.15, 0.2) is 12.4 Å². The topological polar surface area (TPSA) is 17.8 Å². The van der Waals surface area contributed by atoms with E-state index in [0.29, 0.717) is 5.41 Å². The monoisotopic (exact) mass is 534 g/mol. The molecule has 4 aliphatic rings. The normalized spacial score (nSPS) is 27.3. The van der Waals surface area contributed by atoms with Crippen LogP contribution in [0.4, 0.5) is 0 Å². The number of hydrogen-bond donors (Lipinski definition) is 0. The Kier molecular flexibility index (Phi) is 12.5. The lowest BCUT2D eigenvalue weighted by Gasteiger charge is -2.56. The van der Waals surface area contributed by atoms with Crippen molar-refractivity contribution in [2.75, 3.05) is 0 Å². The van der Waals surface area contributed by atoms with E-state index in [2.05, 4.69) is 23.9 Å². The van der Waals surface area contributed by atoms with E-state index >= 15 is 0 Å². The van der Waals surface area contributed by atoms with Crippen molar-refractivity contribution in [3.63, 3.8) is 0 Å². The van der Waals surface area contributed by atoms with Crippen molar-refractivity contribution in [3.05, 3.63) is 18.2 Å². The zero-order valence-corrected chi connectivity index (χ0v) is 24.2. The summed E-state index contributed by atoms with van der Waals surface area (Å²) in [5.41, 5.74) is 0.452. The molecule has 0 spiro atoms. The second-order valence-corrected chi connectivity index (χ2v) is 12.4. The molecule has 1 aromatic heterocycles. The first kappa shape index (κ1) is 28.3. The predicted molar refractivity (Wildman–Crippen MR) is 152 cm³/mol. The molecule has 0 saturated heterocycles. The summed E-state index contributed by atoms with van der Waals surface area (Å²) < 4.78 is 2.57. The molecule has 4 fully saturated rings. The molecule has 1 heterocycles. The molecule has 5 rings (SSSR count). The molecule has 34 heavy (non-hydrogen) atoms. The van der Waals surface area contributed by atoms with Gasteiger partial charge in [0.2, 0.25) is 0 Å². The largest absolute Gasteiger partial charge is 0.334 e. The quantitative estimate of drug-likeness (QED) is 0.171. The molecule has 0 N–H and O–H groups in total. The van der Waals surface area contributed by atoms with Gasteiger partial charge in [-0.25, -0.2) is 4.98 Å². The molecule has 4 saturated carbocycles. The standard InChI is InChI=1S/C31H54N2.BrH/c1-2-3-4-5-6-7-8-9-10-11-12-13-14-15-16-17-19-33-20-18-32-30(33)31-24-27-21-28(25-31)23-29(22-27)26-31;/h18,20,27-29H,2-17,19,21-26H2,1H3;1H. The maximum atomic E-state index is 4.96. The lowest BCUT2D eigenvalue weighted by atomic mass is 9.49. The van der Waals surface area contributed by atoms with E-state index in [4.69, 9.17) is 4.98 Å². The minimum Gasteiger partial charge on any atom is -0.334 e. The van der Waals surface area contributed by atoms with E-state index in [1.54, 1.807) is 0 Å². The van der Waals surface area contributed by atoms with Crippen LogP contribution in [-0.4, -0.2) is 9.55 Å². The first-order valence-corrected chi connectivity index (χ1v) is 15.3. The third-order valence-electron chi connectivity index (χ3n) is 9.48. The smallest absolute Gasteiger partial charge is 0.114 e. The molecule has 0 amide bonds. The summed E-state index contributed by atoms with van der Waals surface area (Å²) in [6, 6.07) is 0. The molecule has 4 aliphatic carbocycles. The van der Waals surface area contributed by atoms with Crippen LogP contribution in [-0.2, 0) is 12.0 Å². The van der Waals surface area contributed by atoms with Crippen molar-refractivity contribution in [1.29, 1.82) is 0 Å². The third kappa shape index (κ3) is 8.10. The number of rotatable bonds is 18. The van der Waals surface area contributed by atoms with Crippen molar-refractivity contribution >= 4 is 17.0 Å². The highest BCUT2D eigenvalue weighted by Crippen LogP contribution is 2.60. The van der Waals surface area contributed by atoms with Gasteiger partial charge in [-0.1, -0.05) is 103 Å². The van der Waals surface area contributed by atoms with Crippen LogP contribution in [0.3, 0.4) is 0 Å². The Bertz CT molecular complexity index is 631. The fourth-order valence-electron chi connectivity index (χ4n) is 8.17. The highest BCUT2D eigenvalue weighted by atomic mass is 79.9. The zero-order chi connectivity index (χ0) is 22.8. The number of aromatic nitrogens is 2.